The van der Waals surface area contributed by atoms with Crippen LogP contribution < -0.4 is 0 Å². The molecule has 1 aliphatic carbocycles. The number of sulfonamides is 1. The number of likely N-dealkylation sites (N-methyl/N-ethyl adjacent to an activating group) is 1. The van der Waals surface area contributed by atoms with E-state index in [0.29, 0.717) is 4.91 Å². The molecule has 0 saturated carbocycles. The van der Waals surface area contributed by atoms with E-state index in [4.69, 9.17) is 0 Å². The second-order valence-electron chi connectivity index (χ2n) is 8.41. The fourth-order valence-electron chi connectivity index (χ4n) is 4.25. The second kappa shape index (κ2) is 9.01. The van der Waals surface area contributed by atoms with Gasteiger partial charge in [0.05, 0.1) is 4.91 Å². The van der Waals surface area contributed by atoms with E-state index in [1.807, 2.05) is 17.8 Å². The minimum atomic E-state index is -3.44. The monoisotopic (exact) mass is 445 g/mol. The first-order valence-electron chi connectivity index (χ1n) is 10.6. The maximum absolute atomic E-state index is 12.7. The molecule has 7 heteroatoms. The molecule has 1 saturated heterocycles. The van der Waals surface area contributed by atoms with Gasteiger partial charge in [-0.3, -0.25) is 0 Å². The van der Waals surface area contributed by atoms with Crippen molar-refractivity contribution in [3.63, 3.8) is 0 Å². The average Bonchev–Trinajstić information content (AvgIpc) is 2.74. The van der Waals surface area contributed by atoms with Crippen LogP contribution in [0.1, 0.15) is 12.0 Å². The lowest BCUT2D eigenvalue weighted by Crippen LogP contribution is -2.44. The number of piperazine rings is 1. The summed E-state index contributed by atoms with van der Waals surface area (Å²) in [7, 11) is 1.93. The molecule has 0 bridgehead atoms. The van der Waals surface area contributed by atoms with Crippen molar-refractivity contribution in [1.29, 1.82) is 0 Å². The van der Waals surface area contributed by atoms with Gasteiger partial charge in [-0.15, -0.1) is 11.8 Å². The molecular weight excluding hydrogens is 414 g/mol. The summed E-state index contributed by atoms with van der Waals surface area (Å²) in [5.74, 6) is 0.0760. The van der Waals surface area contributed by atoms with E-state index in [1.54, 1.807) is 20.2 Å². The van der Waals surface area contributed by atoms with Gasteiger partial charge in [-0.25, -0.2) is 12.7 Å². The maximum Gasteiger partial charge on any atom is 0.242 e. The smallest absolute Gasteiger partial charge is 0.242 e. The van der Waals surface area contributed by atoms with Crippen LogP contribution in [0, 0.1) is 5.92 Å². The molecule has 3 aliphatic rings. The van der Waals surface area contributed by atoms with E-state index in [9.17, 15) is 8.42 Å². The number of fused-ring (bicyclic) bond motifs is 2. The van der Waals surface area contributed by atoms with Crippen molar-refractivity contribution in [3.8, 4) is 0 Å². The van der Waals surface area contributed by atoms with Crippen LogP contribution in [0.25, 0.3) is 5.57 Å². The summed E-state index contributed by atoms with van der Waals surface area (Å²) in [6.07, 6.45) is 9.14. The zero-order valence-electron chi connectivity index (χ0n) is 18.0. The van der Waals surface area contributed by atoms with Crippen LogP contribution in [0.3, 0.4) is 0 Å². The van der Waals surface area contributed by atoms with Gasteiger partial charge in [-0.2, -0.15) is 0 Å². The summed E-state index contributed by atoms with van der Waals surface area (Å²) in [6, 6.07) is 8.51. The first-order chi connectivity index (χ1) is 14.4. The lowest BCUT2D eigenvalue weighted by atomic mass is 9.85. The molecule has 162 valence electrons. The predicted octanol–water partition coefficient (Wildman–Crippen LogP) is 3.14. The van der Waals surface area contributed by atoms with Gasteiger partial charge in [-0.1, -0.05) is 36.4 Å². The third-order valence-electron chi connectivity index (χ3n) is 6.15. The van der Waals surface area contributed by atoms with Gasteiger partial charge in [0, 0.05) is 62.9 Å². The molecule has 1 fully saturated rings. The molecule has 2 heterocycles. The fourth-order valence-corrected chi connectivity index (χ4v) is 6.54. The summed E-state index contributed by atoms with van der Waals surface area (Å²) in [4.78, 5) is 6.58. The van der Waals surface area contributed by atoms with Gasteiger partial charge in [-0.05, 0) is 36.7 Å². The van der Waals surface area contributed by atoms with Crippen LogP contribution in [0.4, 0.5) is 0 Å². The Morgan fingerprint density at radius 2 is 1.90 bits per heavy atom. The number of allylic oxidation sites excluding steroid dienone is 3. The Morgan fingerprint density at radius 3 is 2.63 bits per heavy atom. The Labute approximate surface area is 185 Å². The summed E-state index contributed by atoms with van der Waals surface area (Å²) in [5, 5.41) is 0.232. The third kappa shape index (κ3) is 4.46. The van der Waals surface area contributed by atoms with Crippen molar-refractivity contribution in [2.45, 2.75) is 16.6 Å². The van der Waals surface area contributed by atoms with Crippen LogP contribution in [-0.4, -0.2) is 81.6 Å². The van der Waals surface area contributed by atoms with Gasteiger partial charge in [0.2, 0.25) is 10.0 Å². The van der Waals surface area contributed by atoms with Crippen LogP contribution in [-0.2, 0) is 10.0 Å². The highest BCUT2D eigenvalue weighted by Crippen LogP contribution is 2.48. The van der Waals surface area contributed by atoms with E-state index in [2.05, 4.69) is 53.3 Å². The van der Waals surface area contributed by atoms with Crippen LogP contribution in [0.15, 0.2) is 58.4 Å². The molecule has 30 heavy (non-hydrogen) atoms. The number of benzene rings is 1. The normalized spacial score (nSPS) is 26.5. The highest BCUT2D eigenvalue weighted by Gasteiger charge is 2.34. The Bertz CT molecular complexity index is 974. The Balaban J connectivity index is 1.61. The van der Waals surface area contributed by atoms with Crippen molar-refractivity contribution < 1.29 is 8.42 Å². The van der Waals surface area contributed by atoms with Crippen LogP contribution in [0.2, 0.25) is 0 Å². The topological polar surface area (TPSA) is 43.9 Å². The van der Waals surface area contributed by atoms with Crippen molar-refractivity contribution in [2.75, 3.05) is 53.9 Å². The zero-order valence-corrected chi connectivity index (χ0v) is 19.6. The minimum Gasteiger partial charge on any atom is -0.304 e. The Kier molecular flexibility index (Phi) is 6.55. The zero-order chi connectivity index (χ0) is 21.3. The molecular formula is C23H31N3O2S2. The molecule has 0 N–H and O–H groups in total. The second-order valence-corrected chi connectivity index (χ2v) is 11.8. The van der Waals surface area contributed by atoms with Crippen molar-refractivity contribution in [1.82, 2.24) is 14.1 Å². The number of hydrogen-bond donors (Lipinski definition) is 0. The number of nitrogens with zero attached hydrogens (tertiary/aromatic N) is 3. The van der Waals surface area contributed by atoms with E-state index in [0.717, 1.165) is 39.1 Å². The number of hydrogen-bond acceptors (Lipinski definition) is 5. The number of rotatable bonds is 5. The first-order valence-corrected chi connectivity index (χ1v) is 12.9. The molecule has 0 aromatic heterocycles. The average molecular weight is 446 g/mol. The molecule has 0 radical (unpaired) electrons. The molecule has 0 spiro atoms. The first kappa shape index (κ1) is 21.8. The standard InChI is InChI=1S/C23H31N3O2S2/c1-24(2)30(27,28)18-10-11-23-21(17-18)19(20-7-4-5-9-22(20)29-23)8-6-12-26-15-13-25(3)14-16-26/h4-5,7-11,17,21,23H,6,12-16H2,1-3H3/b19-8-. The fraction of sp³-hybridized carbons (Fsp3) is 0.478. The number of thioether (sulfide) groups is 1. The summed E-state index contributed by atoms with van der Waals surface area (Å²) < 4.78 is 26.8. The molecule has 2 aliphatic heterocycles. The Morgan fingerprint density at radius 1 is 1.17 bits per heavy atom. The van der Waals surface area contributed by atoms with Crippen molar-refractivity contribution in [2.24, 2.45) is 5.92 Å². The third-order valence-corrected chi connectivity index (χ3v) is 9.31. The van der Waals surface area contributed by atoms with Crippen LogP contribution in [0.5, 0.6) is 0 Å². The van der Waals surface area contributed by atoms with Crippen molar-refractivity contribution in [3.05, 3.63) is 59.0 Å². The summed E-state index contributed by atoms with van der Waals surface area (Å²) >= 11 is 1.83. The van der Waals surface area contributed by atoms with Gasteiger partial charge >= 0.3 is 0 Å². The highest BCUT2D eigenvalue weighted by atomic mass is 32.2. The molecule has 1 aromatic rings. The molecule has 2 unspecified atom stereocenters. The van der Waals surface area contributed by atoms with Crippen LogP contribution >= 0.6 is 11.8 Å². The molecule has 1 aromatic carbocycles. The molecule has 0 amide bonds. The van der Waals surface area contributed by atoms with Gasteiger partial charge in [0.25, 0.3) is 0 Å². The van der Waals surface area contributed by atoms with Gasteiger partial charge < -0.3 is 9.80 Å². The quantitative estimate of drug-likeness (QED) is 0.697. The summed E-state index contributed by atoms with van der Waals surface area (Å²) in [5.41, 5.74) is 2.51. The predicted molar refractivity (Wildman–Crippen MR) is 126 cm³/mol. The van der Waals surface area contributed by atoms with Gasteiger partial charge in [0.15, 0.2) is 0 Å². The largest absolute Gasteiger partial charge is 0.304 e. The minimum absolute atomic E-state index is 0.0760. The molecule has 5 nitrogen and oxygen atoms in total. The van der Waals surface area contributed by atoms with E-state index in [1.165, 1.54) is 20.3 Å². The van der Waals surface area contributed by atoms with Gasteiger partial charge in [0.1, 0.15) is 0 Å². The lowest BCUT2D eigenvalue weighted by Gasteiger charge is -2.35. The Hall–Kier alpha value is -1.38. The van der Waals surface area contributed by atoms with E-state index >= 15 is 0 Å². The van der Waals surface area contributed by atoms with Crippen molar-refractivity contribution >= 4 is 27.4 Å². The molecule has 2 atom stereocenters. The molecule has 4 rings (SSSR count). The van der Waals surface area contributed by atoms with E-state index < -0.39 is 10.0 Å². The van der Waals surface area contributed by atoms with E-state index in [-0.39, 0.29) is 11.2 Å². The SMILES string of the molecule is CN1CCN(CC/C=C2/c3ccccc3SC3C=CC(S(=O)(=O)N(C)C)=CC23)CC1. The highest BCUT2D eigenvalue weighted by molar-refractivity contribution is 8.00. The summed E-state index contributed by atoms with van der Waals surface area (Å²) in [6.45, 7) is 5.53. The lowest BCUT2D eigenvalue weighted by molar-refractivity contribution is 0.156. The maximum atomic E-state index is 12.7.